The molecule has 1 aliphatic carbocycles. The summed E-state index contributed by atoms with van der Waals surface area (Å²) in [5.41, 5.74) is 0. The molecule has 2 fully saturated rings. The Bertz CT molecular complexity index is 287. The summed E-state index contributed by atoms with van der Waals surface area (Å²) in [6.45, 7) is 4.80. The van der Waals surface area contributed by atoms with Crippen molar-refractivity contribution in [1.82, 2.24) is 10.2 Å². The van der Waals surface area contributed by atoms with E-state index in [1.54, 1.807) is 0 Å². The first kappa shape index (κ1) is 16.1. The number of nitrogens with zero attached hydrogens (tertiary/aromatic N) is 1. The minimum atomic E-state index is -2.29. The van der Waals surface area contributed by atoms with Crippen molar-refractivity contribution in [3.63, 3.8) is 0 Å². The number of rotatable bonds is 8. The van der Waals surface area contributed by atoms with E-state index in [-0.39, 0.29) is 18.7 Å². The van der Waals surface area contributed by atoms with Crippen molar-refractivity contribution in [2.45, 2.75) is 57.6 Å². The average Bonchev–Trinajstić information content (AvgIpc) is 3.20. The second-order valence-corrected chi connectivity index (χ2v) is 6.50. The molecular formula is C15H28F2N2O. The number of piperidine rings is 1. The van der Waals surface area contributed by atoms with Crippen molar-refractivity contribution < 1.29 is 13.9 Å². The van der Waals surface area contributed by atoms with E-state index in [2.05, 4.69) is 17.1 Å². The third-order valence-electron chi connectivity index (χ3n) is 4.45. The number of aliphatic hydroxyl groups excluding tert-OH is 1. The topological polar surface area (TPSA) is 35.5 Å². The smallest absolute Gasteiger partial charge is 0.250 e. The zero-order valence-electron chi connectivity index (χ0n) is 12.4. The van der Waals surface area contributed by atoms with Crippen LogP contribution in [0.3, 0.4) is 0 Å². The predicted molar refractivity (Wildman–Crippen MR) is 76.0 cm³/mol. The van der Waals surface area contributed by atoms with Crippen molar-refractivity contribution in [2.75, 3.05) is 26.2 Å². The third-order valence-corrected chi connectivity index (χ3v) is 4.45. The molecule has 0 radical (unpaired) electrons. The molecule has 0 aromatic carbocycles. The van der Waals surface area contributed by atoms with Crippen molar-refractivity contribution in [3.05, 3.63) is 0 Å². The largest absolute Gasteiger partial charge is 0.393 e. The Hall–Kier alpha value is -0.260. The maximum absolute atomic E-state index is 12.3. The molecule has 0 aromatic heterocycles. The van der Waals surface area contributed by atoms with Gasteiger partial charge in [0.15, 0.2) is 0 Å². The van der Waals surface area contributed by atoms with Gasteiger partial charge in [0.25, 0.3) is 6.43 Å². The van der Waals surface area contributed by atoms with Crippen LogP contribution in [-0.2, 0) is 0 Å². The zero-order chi connectivity index (χ0) is 14.5. The minimum Gasteiger partial charge on any atom is -0.393 e. The second-order valence-electron chi connectivity index (χ2n) is 6.50. The van der Waals surface area contributed by atoms with Crippen LogP contribution in [0.2, 0.25) is 0 Å². The molecule has 2 rings (SSSR count). The number of halogens is 2. The molecular weight excluding hydrogens is 262 g/mol. The highest BCUT2D eigenvalue weighted by molar-refractivity contribution is 4.88. The van der Waals surface area contributed by atoms with Gasteiger partial charge in [-0.3, -0.25) is 0 Å². The lowest BCUT2D eigenvalue weighted by Crippen LogP contribution is -2.50. The third kappa shape index (κ3) is 5.26. The standard InChI is InChI=1S/C15H28F2N2O/c1-2-5-19-9-11(7-14(20)12-3-4-12)6-13(10-19)18-8-15(16)17/h11-15,18,20H,2-10H2,1H3. The van der Waals surface area contributed by atoms with Gasteiger partial charge in [-0.15, -0.1) is 0 Å². The molecule has 3 unspecified atom stereocenters. The Labute approximate surface area is 120 Å². The fraction of sp³-hybridized carbons (Fsp3) is 1.00. The maximum atomic E-state index is 12.3. The van der Waals surface area contributed by atoms with Crippen LogP contribution in [0, 0.1) is 11.8 Å². The monoisotopic (exact) mass is 290 g/mol. The maximum Gasteiger partial charge on any atom is 0.250 e. The highest BCUT2D eigenvalue weighted by atomic mass is 19.3. The second kappa shape index (κ2) is 7.66. The summed E-state index contributed by atoms with van der Waals surface area (Å²) in [4.78, 5) is 2.36. The van der Waals surface area contributed by atoms with Gasteiger partial charge in [0.2, 0.25) is 0 Å². The molecule has 0 amide bonds. The van der Waals surface area contributed by atoms with Crippen LogP contribution in [0.15, 0.2) is 0 Å². The zero-order valence-corrected chi connectivity index (χ0v) is 12.4. The molecule has 1 saturated carbocycles. The Morgan fingerprint density at radius 1 is 1.30 bits per heavy atom. The lowest BCUT2D eigenvalue weighted by molar-refractivity contribution is 0.0685. The van der Waals surface area contributed by atoms with Crippen LogP contribution < -0.4 is 5.32 Å². The first-order chi connectivity index (χ1) is 9.58. The van der Waals surface area contributed by atoms with E-state index in [1.807, 2.05) is 0 Å². The first-order valence-corrected chi connectivity index (χ1v) is 8.00. The van der Waals surface area contributed by atoms with E-state index in [4.69, 9.17) is 0 Å². The summed E-state index contributed by atoms with van der Waals surface area (Å²) in [6.07, 6.45) is 2.66. The number of likely N-dealkylation sites (tertiary alicyclic amines) is 1. The van der Waals surface area contributed by atoms with Crippen LogP contribution in [0.4, 0.5) is 8.78 Å². The lowest BCUT2D eigenvalue weighted by Gasteiger charge is -2.39. The van der Waals surface area contributed by atoms with E-state index in [1.165, 1.54) is 0 Å². The van der Waals surface area contributed by atoms with E-state index in [0.29, 0.717) is 11.8 Å². The number of hydrogen-bond acceptors (Lipinski definition) is 3. The molecule has 2 aliphatic rings. The Kier molecular flexibility index (Phi) is 6.18. The van der Waals surface area contributed by atoms with Crippen LogP contribution in [0.5, 0.6) is 0 Å². The Balaban J connectivity index is 1.82. The molecule has 2 N–H and O–H groups in total. The first-order valence-electron chi connectivity index (χ1n) is 8.00. The fourth-order valence-corrected chi connectivity index (χ4v) is 3.39. The summed E-state index contributed by atoms with van der Waals surface area (Å²) >= 11 is 0. The number of nitrogens with one attached hydrogen (secondary N) is 1. The van der Waals surface area contributed by atoms with Crippen LogP contribution in [-0.4, -0.2) is 54.8 Å². The minimum absolute atomic E-state index is 0.140. The number of alkyl halides is 2. The summed E-state index contributed by atoms with van der Waals surface area (Å²) < 4.78 is 24.7. The molecule has 1 saturated heterocycles. The van der Waals surface area contributed by atoms with Gasteiger partial charge in [-0.25, -0.2) is 8.78 Å². The normalized spacial score (nSPS) is 29.9. The summed E-state index contributed by atoms with van der Waals surface area (Å²) in [7, 11) is 0. The summed E-state index contributed by atoms with van der Waals surface area (Å²) in [5, 5.41) is 13.1. The molecule has 20 heavy (non-hydrogen) atoms. The molecule has 118 valence electrons. The van der Waals surface area contributed by atoms with Crippen LogP contribution >= 0.6 is 0 Å². The van der Waals surface area contributed by atoms with Crippen molar-refractivity contribution in [2.24, 2.45) is 11.8 Å². The van der Waals surface area contributed by atoms with E-state index < -0.39 is 6.43 Å². The number of aliphatic hydroxyl groups is 1. The average molecular weight is 290 g/mol. The van der Waals surface area contributed by atoms with Gasteiger partial charge in [-0.05, 0) is 50.5 Å². The molecule has 0 spiro atoms. The molecule has 1 aliphatic heterocycles. The van der Waals surface area contributed by atoms with Crippen molar-refractivity contribution in [1.29, 1.82) is 0 Å². The highest BCUT2D eigenvalue weighted by Gasteiger charge is 2.34. The van der Waals surface area contributed by atoms with Crippen molar-refractivity contribution in [3.8, 4) is 0 Å². The van der Waals surface area contributed by atoms with E-state index in [9.17, 15) is 13.9 Å². The van der Waals surface area contributed by atoms with E-state index in [0.717, 1.165) is 51.7 Å². The fourth-order valence-electron chi connectivity index (χ4n) is 3.39. The highest BCUT2D eigenvalue weighted by Crippen LogP contribution is 2.36. The van der Waals surface area contributed by atoms with Gasteiger partial charge in [0.1, 0.15) is 0 Å². The summed E-state index contributed by atoms with van der Waals surface area (Å²) in [5.74, 6) is 0.935. The Morgan fingerprint density at radius 3 is 2.65 bits per heavy atom. The van der Waals surface area contributed by atoms with Gasteiger partial charge in [-0.2, -0.15) is 0 Å². The molecule has 1 heterocycles. The lowest BCUT2D eigenvalue weighted by atomic mass is 9.88. The predicted octanol–water partition coefficient (Wildman–Crippen LogP) is 2.10. The quantitative estimate of drug-likeness (QED) is 0.718. The molecule has 0 bridgehead atoms. The molecule has 3 nitrogen and oxygen atoms in total. The number of hydrogen-bond donors (Lipinski definition) is 2. The van der Waals surface area contributed by atoms with Gasteiger partial charge >= 0.3 is 0 Å². The molecule has 5 heteroatoms. The van der Waals surface area contributed by atoms with Gasteiger partial charge < -0.3 is 15.3 Å². The van der Waals surface area contributed by atoms with Gasteiger partial charge in [0, 0.05) is 19.1 Å². The van der Waals surface area contributed by atoms with Gasteiger partial charge in [-0.1, -0.05) is 6.92 Å². The van der Waals surface area contributed by atoms with Crippen molar-refractivity contribution >= 4 is 0 Å². The summed E-state index contributed by atoms with van der Waals surface area (Å²) in [6, 6.07) is 0.140. The Morgan fingerprint density at radius 2 is 2.05 bits per heavy atom. The van der Waals surface area contributed by atoms with Crippen LogP contribution in [0.1, 0.15) is 39.0 Å². The molecule has 3 atom stereocenters. The molecule has 0 aromatic rings. The van der Waals surface area contributed by atoms with Gasteiger partial charge in [0.05, 0.1) is 12.6 Å². The SMILES string of the molecule is CCCN1CC(CC(O)C2CC2)CC(NCC(F)F)C1. The van der Waals surface area contributed by atoms with Crippen LogP contribution in [0.25, 0.3) is 0 Å². The van der Waals surface area contributed by atoms with E-state index >= 15 is 0 Å².